The number of anilines is 1. The summed E-state index contributed by atoms with van der Waals surface area (Å²) >= 11 is 0. The van der Waals surface area contributed by atoms with Gasteiger partial charge in [-0.25, -0.2) is 13.4 Å². The third-order valence-electron chi connectivity index (χ3n) is 13.2. The number of carboxylic acids is 3. The van der Waals surface area contributed by atoms with Crippen LogP contribution in [0.1, 0.15) is 67.8 Å². The lowest BCUT2D eigenvalue weighted by atomic mass is 10.1. The molecule has 3 heterocycles. The number of pyridine rings is 1. The summed E-state index contributed by atoms with van der Waals surface area (Å²) in [6, 6.07) is 3.48. The molecular weight excluding hydrogens is 1100 g/mol. The Balaban J connectivity index is 1.21. The highest BCUT2D eigenvalue weighted by Crippen LogP contribution is 2.26. The van der Waals surface area contributed by atoms with Gasteiger partial charge >= 0.3 is 17.9 Å². The number of nitrogens with one attached hydrogen (secondary N) is 6. The van der Waals surface area contributed by atoms with Crippen LogP contribution in [0.15, 0.2) is 41.0 Å². The van der Waals surface area contributed by atoms with Gasteiger partial charge in [-0.3, -0.25) is 57.7 Å². The van der Waals surface area contributed by atoms with E-state index in [9.17, 15) is 75.4 Å². The molecule has 2 aliphatic rings. The maximum Gasteiger partial charge on any atom is 0.323 e. The third-order valence-corrected chi connectivity index (χ3v) is 15.7. The number of allylic oxidation sites excluding steroid dienone is 1. The van der Waals surface area contributed by atoms with E-state index < -0.39 is 92.6 Å². The van der Waals surface area contributed by atoms with Gasteiger partial charge in [-0.05, 0) is 100 Å². The highest BCUT2D eigenvalue weighted by molar-refractivity contribution is 7.89. The number of carbonyl (C=O) groups is 7. The van der Waals surface area contributed by atoms with E-state index in [2.05, 4.69) is 42.4 Å². The molecule has 4 rings (SSSR count). The summed E-state index contributed by atoms with van der Waals surface area (Å²) in [5, 5.41) is 52.3. The number of carbonyl (C=O) groups excluding carboxylic acids is 4. The fourth-order valence-corrected chi connectivity index (χ4v) is 11.3. The van der Waals surface area contributed by atoms with Crippen LogP contribution in [0.3, 0.4) is 0 Å². The molecule has 1 aromatic heterocycles. The van der Waals surface area contributed by atoms with Gasteiger partial charge in [-0.15, -0.1) is 0 Å². The minimum absolute atomic E-state index is 0.0220. The summed E-state index contributed by atoms with van der Waals surface area (Å²) < 4.78 is 68.5. The first-order valence-corrected chi connectivity index (χ1v) is 29.8. The quantitative estimate of drug-likeness (QED) is 0.0243. The van der Waals surface area contributed by atoms with Crippen LogP contribution < -0.4 is 36.0 Å². The van der Waals surface area contributed by atoms with Gasteiger partial charge in [0.1, 0.15) is 35.2 Å². The summed E-state index contributed by atoms with van der Waals surface area (Å²) in [6.45, 7) is 5.48. The van der Waals surface area contributed by atoms with Gasteiger partial charge in [0.15, 0.2) is 0 Å². The highest BCUT2D eigenvalue weighted by atomic mass is 32.2. The van der Waals surface area contributed by atoms with Crippen LogP contribution in [0, 0.1) is 13.8 Å². The Labute approximate surface area is 472 Å². The van der Waals surface area contributed by atoms with Crippen molar-refractivity contribution < 1.29 is 80.1 Å². The van der Waals surface area contributed by atoms with Crippen molar-refractivity contribution in [1.29, 1.82) is 0 Å². The average Bonchev–Trinajstić information content (AvgIpc) is 3.39. The number of rotatable bonds is 31. The SMILES string of the molecule is CC=C(O)CN1CCN(CC(=O)O)CCN(CC(=O)N[C@@H](CS(=O)(=O)O)C(=O)NCCNC(=O)CCCOc2cc(C)c(S(=O)(=O)NC(CNC(=O)CCCCc3ccc4c(n3)NCCC4)C(=O)O)c(C)c2)CCN(CC(=O)O)CC1. The van der Waals surface area contributed by atoms with Gasteiger partial charge in [0.2, 0.25) is 33.7 Å². The van der Waals surface area contributed by atoms with Gasteiger partial charge in [-0.2, -0.15) is 13.1 Å². The lowest BCUT2D eigenvalue weighted by Crippen LogP contribution is -2.54. The molecule has 452 valence electrons. The average molecular weight is 1180 g/mol. The molecule has 2 atom stereocenters. The number of carboxylic acid groups (broad SMARTS) is 3. The molecule has 81 heavy (non-hydrogen) atoms. The van der Waals surface area contributed by atoms with Crippen molar-refractivity contribution in [2.75, 3.05) is 122 Å². The van der Waals surface area contributed by atoms with Gasteiger partial charge in [0.25, 0.3) is 10.1 Å². The summed E-state index contributed by atoms with van der Waals surface area (Å²) in [5.74, 6) is -6.32. The van der Waals surface area contributed by atoms with Gasteiger partial charge in [0, 0.05) is 97.1 Å². The molecule has 2 aliphatic heterocycles. The Morgan fingerprint density at radius 2 is 1.27 bits per heavy atom. The number of ether oxygens (including phenoxy) is 1. The van der Waals surface area contributed by atoms with E-state index in [0.29, 0.717) is 32.4 Å². The van der Waals surface area contributed by atoms with E-state index in [-0.39, 0.29) is 125 Å². The lowest BCUT2D eigenvalue weighted by Gasteiger charge is -2.33. The second-order valence-electron chi connectivity index (χ2n) is 19.9. The molecule has 1 unspecified atom stereocenters. The first kappa shape index (κ1) is 67.0. The van der Waals surface area contributed by atoms with Crippen molar-refractivity contribution in [3.8, 4) is 5.75 Å². The topological polar surface area (TPSA) is 396 Å². The zero-order chi connectivity index (χ0) is 59.7. The molecule has 4 amide bonds. The Kier molecular flexibility index (Phi) is 27.6. The Morgan fingerprint density at radius 3 is 1.84 bits per heavy atom. The third kappa shape index (κ3) is 25.4. The number of aromatic nitrogens is 1. The van der Waals surface area contributed by atoms with E-state index in [0.717, 1.165) is 30.9 Å². The second-order valence-corrected chi connectivity index (χ2v) is 23.0. The van der Waals surface area contributed by atoms with Crippen LogP contribution in [-0.2, 0) is 66.5 Å². The molecule has 1 saturated heterocycles. The van der Waals surface area contributed by atoms with Crippen LogP contribution in [0.5, 0.6) is 5.75 Å². The van der Waals surface area contributed by atoms with Crippen molar-refractivity contribution in [3.05, 3.63) is 58.5 Å². The van der Waals surface area contributed by atoms with Crippen molar-refractivity contribution in [1.82, 2.24) is 50.6 Å². The number of aliphatic hydroxyl groups excluding tert-OH is 1. The molecule has 2 aromatic rings. The minimum atomic E-state index is -4.82. The number of unbranched alkanes of at least 4 members (excludes halogenated alkanes) is 1. The number of aliphatic carboxylic acids is 3. The lowest BCUT2D eigenvalue weighted by molar-refractivity contribution is -0.140. The first-order valence-electron chi connectivity index (χ1n) is 26.7. The fourth-order valence-electron chi connectivity index (χ4n) is 9.02. The Hall–Kier alpha value is -6.54. The maximum absolute atomic E-state index is 13.5. The summed E-state index contributed by atoms with van der Waals surface area (Å²) in [5.41, 5.74) is 2.57. The summed E-state index contributed by atoms with van der Waals surface area (Å²) in [7, 11) is -9.23. The number of amides is 4. The molecule has 11 N–H and O–H groups in total. The van der Waals surface area contributed by atoms with Crippen molar-refractivity contribution >= 4 is 67.5 Å². The molecule has 0 saturated carbocycles. The normalized spacial score (nSPS) is 16.3. The van der Waals surface area contributed by atoms with Crippen LogP contribution in [0.25, 0.3) is 0 Å². The number of aliphatic hydroxyl groups is 1. The summed E-state index contributed by atoms with van der Waals surface area (Å²) in [4.78, 5) is 98.6. The zero-order valence-electron chi connectivity index (χ0n) is 46.1. The van der Waals surface area contributed by atoms with E-state index >= 15 is 0 Å². The second kappa shape index (κ2) is 33.4. The molecule has 30 heteroatoms. The number of sulfonamides is 1. The molecule has 0 radical (unpaired) electrons. The molecule has 1 aromatic carbocycles. The van der Waals surface area contributed by atoms with E-state index in [1.165, 1.54) is 37.6 Å². The van der Waals surface area contributed by atoms with E-state index in [1.807, 2.05) is 11.0 Å². The number of hydrogen-bond acceptors (Lipinski definition) is 19. The number of nitrogens with zero attached hydrogens (tertiary/aromatic N) is 5. The van der Waals surface area contributed by atoms with Crippen LogP contribution in [0.4, 0.5) is 5.82 Å². The van der Waals surface area contributed by atoms with Crippen molar-refractivity contribution in [3.63, 3.8) is 0 Å². The predicted molar refractivity (Wildman–Crippen MR) is 296 cm³/mol. The monoisotopic (exact) mass is 1180 g/mol. The number of aryl methyl sites for hydroxylation is 4. The fraction of sp³-hybridized carbons (Fsp3) is 0.608. The van der Waals surface area contributed by atoms with Crippen LogP contribution >= 0.6 is 0 Å². The van der Waals surface area contributed by atoms with Gasteiger partial charge in [0.05, 0.1) is 37.7 Å². The smallest absolute Gasteiger partial charge is 0.323 e. The molecule has 1 fully saturated rings. The molecule has 28 nitrogen and oxygen atoms in total. The standard InChI is InChI=1S/C51H79N11O17S2/c1-4-39(63)30-59-18-22-61(32-46(67)68)24-20-60(21-25-62(23-19-59)33-47(69)70)31-45(66)57-42(34-80(74,75)76)50(71)54-17-16-52-43(64)12-8-26-79-40-27-35(2)48(36(3)28-40)81(77,78)58-41(51(72)73)29-55-44(65)11-6-5-10-38-14-13-37-9-7-15-53-49(37)56-38/h4,13-14,27-28,41-42,58,63H,5-12,15-26,29-34H2,1-3H3,(H,52,64)(H,53,56)(H,54,71)(H,55,65)(H,57,66)(H,67,68)(H,69,70)(H,72,73)(H,74,75,76)/t41?,42-/m0/s1. The number of hydrogen-bond donors (Lipinski definition) is 11. The number of benzene rings is 1. The molecule has 0 aliphatic carbocycles. The molecular formula is C51H79N11O17S2. The van der Waals surface area contributed by atoms with Crippen LogP contribution in [-0.4, -0.2) is 237 Å². The molecule has 0 spiro atoms. The number of fused-ring (bicyclic) bond motifs is 1. The van der Waals surface area contributed by atoms with Gasteiger partial charge < -0.3 is 51.7 Å². The first-order chi connectivity index (χ1) is 38.3. The summed E-state index contributed by atoms with van der Waals surface area (Å²) in [6.07, 6.45) is 5.67. The van der Waals surface area contributed by atoms with Crippen LogP contribution in [0.2, 0.25) is 0 Å². The molecule has 0 bridgehead atoms. The van der Waals surface area contributed by atoms with Crippen molar-refractivity contribution in [2.24, 2.45) is 0 Å². The zero-order valence-corrected chi connectivity index (χ0v) is 47.7. The van der Waals surface area contributed by atoms with E-state index in [1.54, 1.807) is 21.6 Å². The minimum Gasteiger partial charge on any atom is -0.511 e. The Bertz CT molecular complexity index is 2700. The van der Waals surface area contributed by atoms with E-state index in [4.69, 9.17) is 4.74 Å². The largest absolute Gasteiger partial charge is 0.511 e. The van der Waals surface area contributed by atoms with Gasteiger partial charge in [-0.1, -0.05) is 6.07 Å². The highest BCUT2D eigenvalue weighted by Gasteiger charge is 2.30. The Morgan fingerprint density at radius 1 is 0.716 bits per heavy atom. The maximum atomic E-state index is 13.5. The predicted octanol–water partition coefficient (Wildman–Crippen LogP) is -1.07. The van der Waals surface area contributed by atoms with Crippen molar-refractivity contribution in [2.45, 2.75) is 89.1 Å².